The maximum atomic E-state index is 12.6. The highest BCUT2D eigenvalue weighted by molar-refractivity contribution is 5.92. The Kier molecular flexibility index (Phi) is 4.26. The Morgan fingerprint density at radius 2 is 2.04 bits per heavy atom. The molecular weight excluding hydrogens is 300 g/mol. The van der Waals surface area contributed by atoms with E-state index in [1.807, 2.05) is 24.4 Å². The van der Waals surface area contributed by atoms with Crippen LogP contribution in [0.15, 0.2) is 48.9 Å². The molecule has 0 radical (unpaired) electrons. The fourth-order valence-electron chi connectivity index (χ4n) is 4.10. The standard InChI is InChI=1S/C19H22N4O/c24-19(16-5-1-2-9-21-16)22-18-15-6-10-23(11-7-15)17(18)12-14-4-3-8-20-13-14/h1-5,8-9,13,15,17-18H,6-7,10-12H2,(H,22,24)/t17-,18+/m0/s1. The smallest absolute Gasteiger partial charge is 0.270 e. The average molecular weight is 322 g/mol. The van der Waals surface area contributed by atoms with Gasteiger partial charge >= 0.3 is 0 Å². The lowest BCUT2D eigenvalue weighted by atomic mass is 9.76. The maximum absolute atomic E-state index is 12.6. The van der Waals surface area contributed by atoms with E-state index >= 15 is 0 Å². The zero-order chi connectivity index (χ0) is 16.4. The molecule has 0 spiro atoms. The average Bonchev–Trinajstić information content (AvgIpc) is 2.66. The van der Waals surface area contributed by atoms with E-state index in [-0.39, 0.29) is 11.9 Å². The number of aromatic nitrogens is 2. The van der Waals surface area contributed by atoms with E-state index in [2.05, 4.69) is 26.3 Å². The predicted molar refractivity (Wildman–Crippen MR) is 91.5 cm³/mol. The molecule has 1 amide bonds. The SMILES string of the molecule is O=C(N[C@@H]1C2CCN(CC2)[C@H]1Cc1cccnc1)c1ccccn1. The van der Waals surface area contributed by atoms with E-state index < -0.39 is 0 Å². The second kappa shape index (κ2) is 6.69. The highest BCUT2D eigenvalue weighted by Crippen LogP contribution is 2.34. The molecule has 2 aromatic rings. The van der Waals surface area contributed by atoms with Crippen LogP contribution in [0.2, 0.25) is 0 Å². The number of pyridine rings is 2. The van der Waals surface area contributed by atoms with Crippen molar-refractivity contribution >= 4 is 5.91 Å². The van der Waals surface area contributed by atoms with Crippen molar-refractivity contribution in [2.75, 3.05) is 13.1 Å². The summed E-state index contributed by atoms with van der Waals surface area (Å²) >= 11 is 0. The van der Waals surface area contributed by atoms with Crippen LogP contribution in [0, 0.1) is 5.92 Å². The molecule has 124 valence electrons. The van der Waals surface area contributed by atoms with Crippen LogP contribution in [0.1, 0.15) is 28.9 Å². The quantitative estimate of drug-likeness (QED) is 0.934. The minimum Gasteiger partial charge on any atom is -0.346 e. The van der Waals surface area contributed by atoms with Crippen molar-refractivity contribution in [2.45, 2.75) is 31.3 Å². The molecule has 3 aliphatic rings. The number of hydrogen-bond acceptors (Lipinski definition) is 4. The van der Waals surface area contributed by atoms with Crippen LogP contribution in [-0.4, -0.2) is 45.9 Å². The molecule has 0 saturated carbocycles. The van der Waals surface area contributed by atoms with E-state index in [1.54, 1.807) is 18.5 Å². The first kappa shape index (κ1) is 15.3. The lowest BCUT2D eigenvalue weighted by Crippen LogP contribution is -2.64. The first-order chi connectivity index (χ1) is 11.8. The normalized spacial score (nSPS) is 28.5. The van der Waals surface area contributed by atoms with Gasteiger partial charge in [0.15, 0.2) is 0 Å². The summed E-state index contributed by atoms with van der Waals surface area (Å²) in [6, 6.07) is 10.1. The molecule has 2 aromatic heterocycles. The number of carbonyl (C=O) groups excluding carboxylic acids is 1. The van der Waals surface area contributed by atoms with Gasteiger partial charge in [0.1, 0.15) is 5.69 Å². The van der Waals surface area contributed by atoms with Gasteiger partial charge in [-0.3, -0.25) is 19.7 Å². The van der Waals surface area contributed by atoms with E-state index in [0.29, 0.717) is 17.7 Å². The molecular formula is C19H22N4O. The number of fused-ring (bicyclic) bond motifs is 3. The number of nitrogens with zero attached hydrogens (tertiary/aromatic N) is 3. The van der Waals surface area contributed by atoms with Crippen molar-refractivity contribution in [3.8, 4) is 0 Å². The topological polar surface area (TPSA) is 58.1 Å². The van der Waals surface area contributed by atoms with E-state index in [4.69, 9.17) is 0 Å². The minimum atomic E-state index is -0.0643. The van der Waals surface area contributed by atoms with Crippen molar-refractivity contribution in [1.29, 1.82) is 0 Å². The van der Waals surface area contributed by atoms with Gasteiger partial charge in [-0.15, -0.1) is 0 Å². The van der Waals surface area contributed by atoms with Crippen LogP contribution >= 0.6 is 0 Å². The van der Waals surface area contributed by atoms with Gasteiger partial charge in [-0.05, 0) is 62.0 Å². The molecule has 3 aliphatic heterocycles. The summed E-state index contributed by atoms with van der Waals surface area (Å²) in [7, 11) is 0. The molecule has 24 heavy (non-hydrogen) atoms. The summed E-state index contributed by atoms with van der Waals surface area (Å²) in [5.41, 5.74) is 1.72. The lowest BCUT2D eigenvalue weighted by Gasteiger charge is -2.51. The minimum absolute atomic E-state index is 0.0643. The number of piperidine rings is 3. The van der Waals surface area contributed by atoms with Crippen LogP contribution in [0.5, 0.6) is 0 Å². The highest BCUT2D eigenvalue weighted by Gasteiger charge is 2.42. The third kappa shape index (κ3) is 3.04. The molecule has 5 nitrogen and oxygen atoms in total. The first-order valence-corrected chi connectivity index (χ1v) is 8.66. The van der Waals surface area contributed by atoms with Gasteiger partial charge in [0.05, 0.1) is 0 Å². The zero-order valence-electron chi connectivity index (χ0n) is 13.6. The Labute approximate surface area is 142 Å². The summed E-state index contributed by atoms with van der Waals surface area (Å²) in [6.45, 7) is 2.26. The summed E-state index contributed by atoms with van der Waals surface area (Å²) in [5.74, 6) is 0.495. The van der Waals surface area contributed by atoms with Crippen molar-refractivity contribution in [2.24, 2.45) is 5.92 Å². The first-order valence-electron chi connectivity index (χ1n) is 8.66. The van der Waals surface area contributed by atoms with Gasteiger partial charge in [-0.1, -0.05) is 12.1 Å². The molecule has 2 atom stereocenters. The molecule has 2 bridgehead atoms. The van der Waals surface area contributed by atoms with Crippen molar-refractivity contribution in [1.82, 2.24) is 20.2 Å². The van der Waals surface area contributed by atoms with E-state index in [0.717, 1.165) is 32.4 Å². The number of rotatable bonds is 4. The molecule has 5 rings (SSSR count). The third-order valence-electron chi connectivity index (χ3n) is 5.33. The second-order valence-corrected chi connectivity index (χ2v) is 6.72. The van der Waals surface area contributed by atoms with Crippen molar-refractivity contribution in [3.63, 3.8) is 0 Å². The van der Waals surface area contributed by atoms with Gasteiger partial charge in [0.2, 0.25) is 0 Å². The Hall–Kier alpha value is -2.27. The van der Waals surface area contributed by atoms with Crippen LogP contribution in [-0.2, 0) is 6.42 Å². The maximum Gasteiger partial charge on any atom is 0.270 e. The summed E-state index contributed by atoms with van der Waals surface area (Å²) in [6.07, 6.45) is 8.65. The highest BCUT2D eigenvalue weighted by atomic mass is 16.2. The van der Waals surface area contributed by atoms with E-state index in [1.165, 1.54) is 5.56 Å². The molecule has 0 aliphatic carbocycles. The fourth-order valence-corrected chi connectivity index (χ4v) is 4.10. The Balaban J connectivity index is 1.53. The van der Waals surface area contributed by atoms with Gasteiger partial charge in [-0.25, -0.2) is 0 Å². The summed E-state index contributed by atoms with van der Waals surface area (Å²) in [5, 5.41) is 3.27. The number of nitrogens with one attached hydrogen (secondary N) is 1. The summed E-state index contributed by atoms with van der Waals surface area (Å²) in [4.78, 5) is 23.5. The molecule has 0 unspecified atom stereocenters. The molecule has 5 heteroatoms. The Bertz CT molecular complexity index is 683. The van der Waals surface area contributed by atoms with Crippen LogP contribution in [0.4, 0.5) is 0 Å². The molecule has 5 heterocycles. The molecule has 3 fully saturated rings. The van der Waals surface area contributed by atoms with Gasteiger partial charge in [0, 0.05) is 30.7 Å². The van der Waals surface area contributed by atoms with Crippen LogP contribution in [0.25, 0.3) is 0 Å². The monoisotopic (exact) mass is 322 g/mol. The molecule has 1 N–H and O–H groups in total. The van der Waals surface area contributed by atoms with Crippen LogP contribution < -0.4 is 5.32 Å². The number of hydrogen-bond donors (Lipinski definition) is 1. The number of amides is 1. The lowest BCUT2D eigenvalue weighted by molar-refractivity contribution is 0.0135. The van der Waals surface area contributed by atoms with E-state index in [9.17, 15) is 4.79 Å². The Morgan fingerprint density at radius 1 is 1.17 bits per heavy atom. The van der Waals surface area contributed by atoms with Crippen molar-refractivity contribution in [3.05, 3.63) is 60.2 Å². The zero-order valence-corrected chi connectivity index (χ0v) is 13.6. The van der Waals surface area contributed by atoms with Gasteiger partial charge in [-0.2, -0.15) is 0 Å². The number of carbonyl (C=O) groups is 1. The Morgan fingerprint density at radius 3 is 2.75 bits per heavy atom. The molecule has 3 saturated heterocycles. The third-order valence-corrected chi connectivity index (χ3v) is 5.33. The second-order valence-electron chi connectivity index (χ2n) is 6.72. The van der Waals surface area contributed by atoms with Crippen LogP contribution in [0.3, 0.4) is 0 Å². The summed E-state index contributed by atoms with van der Waals surface area (Å²) < 4.78 is 0. The largest absolute Gasteiger partial charge is 0.346 e. The van der Waals surface area contributed by atoms with Gasteiger partial charge in [0.25, 0.3) is 5.91 Å². The van der Waals surface area contributed by atoms with Gasteiger partial charge < -0.3 is 5.32 Å². The molecule has 0 aromatic carbocycles. The predicted octanol–water partition coefficient (Wildman–Crippen LogP) is 1.91. The van der Waals surface area contributed by atoms with Crippen molar-refractivity contribution < 1.29 is 4.79 Å². The fraction of sp³-hybridized carbons (Fsp3) is 0.421.